The zero-order chi connectivity index (χ0) is 14.0. The first kappa shape index (κ1) is 14.2. The van der Waals surface area contributed by atoms with Gasteiger partial charge in [-0.2, -0.15) is 0 Å². The number of hydrogen-bond donors (Lipinski definition) is 0. The Balaban J connectivity index is 1.96. The standard InChI is InChI=1S/C14H22N2O2Si/c1-11-12-6-5-7-15-13(12)16(14(11)17)10-18-8-9-19(2,3)4/h5-7,11H,8-10H2,1-4H3. The number of anilines is 1. The van der Waals surface area contributed by atoms with E-state index in [4.69, 9.17) is 4.74 Å². The lowest BCUT2D eigenvalue weighted by atomic mass is 10.1. The van der Waals surface area contributed by atoms with Gasteiger partial charge in [-0.25, -0.2) is 4.98 Å². The lowest BCUT2D eigenvalue weighted by Crippen LogP contribution is -2.32. The number of fused-ring (bicyclic) bond motifs is 1. The molecule has 0 fully saturated rings. The maximum Gasteiger partial charge on any atom is 0.237 e. The summed E-state index contributed by atoms with van der Waals surface area (Å²) in [7, 11) is -1.08. The van der Waals surface area contributed by atoms with Gasteiger partial charge in [-0.3, -0.25) is 9.69 Å². The average Bonchev–Trinajstić information content (AvgIpc) is 2.58. The van der Waals surface area contributed by atoms with Crippen LogP contribution in [-0.4, -0.2) is 32.3 Å². The molecule has 1 aliphatic heterocycles. The number of amides is 1. The van der Waals surface area contributed by atoms with Crippen molar-refractivity contribution in [3.8, 4) is 0 Å². The normalized spacial score (nSPS) is 18.8. The van der Waals surface area contributed by atoms with E-state index in [2.05, 4.69) is 24.6 Å². The summed E-state index contributed by atoms with van der Waals surface area (Å²) in [4.78, 5) is 18.1. The van der Waals surface area contributed by atoms with Crippen molar-refractivity contribution in [3.63, 3.8) is 0 Å². The molecule has 0 saturated heterocycles. The first-order chi connectivity index (χ1) is 8.90. The summed E-state index contributed by atoms with van der Waals surface area (Å²) >= 11 is 0. The van der Waals surface area contributed by atoms with E-state index >= 15 is 0 Å². The average molecular weight is 278 g/mol. The van der Waals surface area contributed by atoms with Crippen LogP contribution >= 0.6 is 0 Å². The van der Waals surface area contributed by atoms with Gasteiger partial charge in [-0.05, 0) is 19.0 Å². The van der Waals surface area contributed by atoms with E-state index in [0.717, 1.165) is 24.0 Å². The molecule has 1 atom stereocenters. The summed E-state index contributed by atoms with van der Waals surface area (Å²) in [5.41, 5.74) is 1.00. The molecule has 1 aromatic rings. The van der Waals surface area contributed by atoms with E-state index in [-0.39, 0.29) is 11.8 Å². The van der Waals surface area contributed by atoms with Crippen molar-refractivity contribution in [1.82, 2.24) is 4.98 Å². The van der Waals surface area contributed by atoms with E-state index in [1.54, 1.807) is 11.1 Å². The van der Waals surface area contributed by atoms with Gasteiger partial charge in [0.2, 0.25) is 5.91 Å². The summed E-state index contributed by atoms with van der Waals surface area (Å²) in [6.45, 7) is 9.90. The smallest absolute Gasteiger partial charge is 0.237 e. The van der Waals surface area contributed by atoms with Crippen LogP contribution in [0.15, 0.2) is 18.3 Å². The van der Waals surface area contributed by atoms with Crippen molar-refractivity contribution in [3.05, 3.63) is 23.9 Å². The molecule has 1 aliphatic rings. The number of hydrogen-bond acceptors (Lipinski definition) is 3. The van der Waals surface area contributed by atoms with Crippen molar-refractivity contribution >= 4 is 19.8 Å². The molecule has 0 saturated carbocycles. The van der Waals surface area contributed by atoms with E-state index in [9.17, 15) is 4.79 Å². The zero-order valence-electron chi connectivity index (χ0n) is 12.1. The van der Waals surface area contributed by atoms with E-state index in [0.29, 0.717) is 6.73 Å². The third-order valence-corrected chi connectivity index (χ3v) is 5.10. The quantitative estimate of drug-likeness (QED) is 0.614. The molecular weight excluding hydrogens is 256 g/mol. The third-order valence-electron chi connectivity index (χ3n) is 3.39. The second-order valence-electron chi connectivity index (χ2n) is 6.25. The number of rotatable bonds is 5. The summed E-state index contributed by atoms with van der Waals surface area (Å²) in [6, 6.07) is 4.95. The Hall–Kier alpha value is -1.20. The lowest BCUT2D eigenvalue weighted by Gasteiger charge is -2.19. The van der Waals surface area contributed by atoms with Crippen molar-refractivity contribution in [2.45, 2.75) is 38.5 Å². The van der Waals surface area contributed by atoms with Gasteiger partial charge in [0.05, 0.1) is 5.92 Å². The fourth-order valence-electron chi connectivity index (χ4n) is 2.10. The van der Waals surface area contributed by atoms with Gasteiger partial charge in [-0.1, -0.05) is 25.7 Å². The number of ether oxygens (including phenoxy) is 1. The van der Waals surface area contributed by atoms with Crippen LogP contribution in [0, 0.1) is 0 Å². The molecule has 1 aromatic heterocycles. The number of pyridine rings is 1. The molecule has 0 radical (unpaired) electrons. The number of nitrogens with zero attached hydrogens (tertiary/aromatic N) is 2. The molecule has 0 aromatic carbocycles. The van der Waals surface area contributed by atoms with Crippen LogP contribution in [0.5, 0.6) is 0 Å². The molecule has 19 heavy (non-hydrogen) atoms. The van der Waals surface area contributed by atoms with E-state index in [1.807, 2.05) is 19.1 Å². The van der Waals surface area contributed by atoms with Gasteiger partial charge in [-0.15, -0.1) is 0 Å². The van der Waals surface area contributed by atoms with E-state index < -0.39 is 8.07 Å². The molecule has 4 nitrogen and oxygen atoms in total. The second kappa shape index (κ2) is 5.42. The van der Waals surface area contributed by atoms with Crippen LogP contribution < -0.4 is 4.90 Å². The molecular formula is C14H22N2O2Si. The topological polar surface area (TPSA) is 42.4 Å². The SMILES string of the molecule is CC1C(=O)N(COCC[Si](C)(C)C)c2ncccc21. The highest BCUT2D eigenvalue weighted by Gasteiger charge is 2.35. The maximum atomic E-state index is 12.2. The number of aromatic nitrogens is 1. The van der Waals surface area contributed by atoms with Crippen LogP contribution in [0.1, 0.15) is 18.4 Å². The van der Waals surface area contributed by atoms with Crippen LogP contribution in [0.4, 0.5) is 5.82 Å². The second-order valence-corrected chi connectivity index (χ2v) is 11.9. The van der Waals surface area contributed by atoms with Gasteiger partial charge < -0.3 is 4.74 Å². The van der Waals surface area contributed by atoms with Crippen LogP contribution in [0.2, 0.25) is 25.7 Å². The van der Waals surface area contributed by atoms with Gasteiger partial charge in [0, 0.05) is 26.4 Å². The summed E-state index contributed by atoms with van der Waals surface area (Å²) < 4.78 is 5.67. The monoisotopic (exact) mass is 278 g/mol. The van der Waals surface area contributed by atoms with Crippen molar-refractivity contribution < 1.29 is 9.53 Å². The molecule has 1 unspecified atom stereocenters. The van der Waals surface area contributed by atoms with Gasteiger partial charge >= 0.3 is 0 Å². The van der Waals surface area contributed by atoms with Gasteiger partial charge in [0.1, 0.15) is 12.5 Å². The minimum atomic E-state index is -1.08. The summed E-state index contributed by atoms with van der Waals surface area (Å²) in [5.74, 6) is 0.735. The zero-order valence-corrected chi connectivity index (χ0v) is 13.1. The Morgan fingerprint density at radius 1 is 1.42 bits per heavy atom. The number of carbonyl (C=O) groups excluding carboxylic acids is 1. The molecule has 104 valence electrons. The highest BCUT2D eigenvalue weighted by Crippen LogP contribution is 2.34. The van der Waals surface area contributed by atoms with Gasteiger partial charge in [0.15, 0.2) is 0 Å². The maximum absolute atomic E-state index is 12.2. The van der Waals surface area contributed by atoms with Crippen LogP contribution in [-0.2, 0) is 9.53 Å². The van der Waals surface area contributed by atoms with Gasteiger partial charge in [0.25, 0.3) is 0 Å². The Kier molecular flexibility index (Phi) is 4.06. The molecule has 1 amide bonds. The Labute approximate surface area is 115 Å². The minimum Gasteiger partial charge on any atom is -0.361 e. The van der Waals surface area contributed by atoms with Crippen molar-refractivity contribution in [1.29, 1.82) is 0 Å². The molecule has 2 heterocycles. The molecule has 0 aliphatic carbocycles. The highest BCUT2D eigenvalue weighted by molar-refractivity contribution is 6.76. The molecule has 5 heteroatoms. The Bertz CT molecular complexity index is 471. The highest BCUT2D eigenvalue weighted by atomic mass is 28.3. The Morgan fingerprint density at radius 3 is 2.84 bits per heavy atom. The third kappa shape index (κ3) is 3.22. The van der Waals surface area contributed by atoms with Crippen LogP contribution in [0.25, 0.3) is 0 Å². The fourth-order valence-corrected chi connectivity index (χ4v) is 2.86. The lowest BCUT2D eigenvalue weighted by molar-refractivity contribution is -0.120. The Morgan fingerprint density at radius 2 is 2.16 bits per heavy atom. The molecule has 0 bridgehead atoms. The summed E-state index contributed by atoms with van der Waals surface area (Å²) in [6.07, 6.45) is 1.72. The molecule has 2 rings (SSSR count). The largest absolute Gasteiger partial charge is 0.361 e. The predicted octanol–water partition coefficient (Wildman–Crippen LogP) is 2.84. The fraction of sp³-hybridized carbons (Fsp3) is 0.571. The van der Waals surface area contributed by atoms with Crippen molar-refractivity contribution in [2.24, 2.45) is 0 Å². The number of carbonyl (C=O) groups is 1. The molecule has 0 spiro atoms. The van der Waals surface area contributed by atoms with Crippen molar-refractivity contribution in [2.75, 3.05) is 18.2 Å². The minimum absolute atomic E-state index is 0.0849. The molecule has 0 N–H and O–H groups in total. The van der Waals surface area contributed by atoms with Crippen LogP contribution in [0.3, 0.4) is 0 Å². The predicted molar refractivity (Wildman–Crippen MR) is 79.1 cm³/mol. The summed E-state index contributed by atoms with van der Waals surface area (Å²) in [5, 5.41) is 0. The first-order valence-corrected chi connectivity index (χ1v) is 10.4. The first-order valence-electron chi connectivity index (χ1n) is 6.74. The van der Waals surface area contributed by atoms with E-state index in [1.165, 1.54) is 0 Å².